The zero-order valence-corrected chi connectivity index (χ0v) is 24.4. The number of likely N-dealkylation sites (tertiary alicyclic amines) is 1. The van der Waals surface area contributed by atoms with Crippen LogP contribution in [0.25, 0.3) is 0 Å². The SMILES string of the molecule is CC(C)(C)OC(N)=O.CC(C)(CC(=O)N1CCC(c2ccc(Cl)cc2)C(C)(C)C1)NC(=O)C1CCCC1. The van der Waals surface area contributed by atoms with Crippen molar-refractivity contribution in [2.45, 2.75) is 104 Å². The third-order valence-corrected chi connectivity index (χ3v) is 7.29. The van der Waals surface area contributed by atoms with Gasteiger partial charge in [0.1, 0.15) is 5.60 Å². The molecule has 37 heavy (non-hydrogen) atoms. The van der Waals surface area contributed by atoms with Gasteiger partial charge in [-0.15, -0.1) is 0 Å². The number of halogens is 1. The number of piperidine rings is 1. The van der Waals surface area contributed by atoms with E-state index in [1.165, 1.54) is 5.56 Å². The summed E-state index contributed by atoms with van der Waals surface area (Å²) in [5.41, 5.74) is 5.02. The van der Waals surface area contributed by atoms with Gasteiger partial charge in [0.2, 0.25) is 11.8 Å². The van der Waals surface area contributed by atoms with Gasteiger partial charge in [0.25, 0.3) is 0 Å². The van der Waals surface area contributed by atoms with Crippen molar-refractivity contribution >= 4 is 29.5 Å². The summed E-state index contributed by atoms with van der Waals surface area (Å²) < 4.78 is 4.58. The van der Waals surface area contributed by atoms with Crippen molar-refractivity contribution in [1.29, 1.82) is 0 Å². The average molecular weight is 536 g/mol. The van der Waals surface area contributed by atoms with Crippen LogP contribution in [0.5, 0.6) is 0 Å². The molecule has 8 heteroatoms. The second-order valence-corrected chi connectivity index (χ2v) is 13.2. The molecule has 3 amide bonds. The average Bonchev–Trinajstić information content (AvgIpc) is 3.27. The van der Waals surface area contributed by atoms with Crippen LogP contribution in [0.1, 0.15) is 98.5 Å². The fourth-order valence-electron chi connectivity index (χ4n) is 5.34. The molecule has 208 valence electrons. The number of rotatable bonds is 5. The summed E-state index contributed by atoms with van der Waals surface area (Å²) in [6, 6.07) is 8.10. The number of nitrogens with zero attached hydrogens (tertiary/aromatic N) is 1. The molecule has 1 saturated carbocycles. The quantitative estimate of drug-likeness (QED) is 0.480. The maximum atomic E-state index is 13.0. The van der Waals surface area contributed by atoms with Gasteiger partial charge in [-0.05, 0) is 82.9 Å². The molecule has 0 radical (unpaired) electrons. The lowest BCUT2D eigenvalue weighted by molar-refractivity contribution is -0.136. The van der Waals surface area contributed by atoms with Crippen molar-refractivity contribution in [3.63, 3.8) is 0 Å². The van der Waals surface area contributed by atoms with Crippen LogP contribution in [0.15, 0.2) is 24.3 Å². The Labute approximate surface area is 227 Å². The Morgan fingerprint density at radius 3 is 2.08 bits per heavy atom. The van der Waals surface area contributed by atoms with Gasteiger partial charge < -0.3 is 20.7 Å². The molecule has 1 atom stereocenters. The maximum absolute atomic E-state index is 13.0. The van der Waals surface area contributed by atoms with Gasteiger partial charge in [-0.25, -0.2) is 4.79 Å². The minimum atomic E-state index is -0.725. The molecule has 0 aromatic heterocycles. The molecule has 0 spiro atoms. The summed E-state index contributed by atoms with van der Waals surface area (Å²) in [6.45, 7) is 15.2. The summed E-state index contributed by atoms with van der Waals surface area (Å²) in [7, 11) is 0. The summed E-state index contributed by atoms with van der Waals surface area (Å²) in [4.78, 5) is 37.5. The number of ether oxygens (including phenoxy) is 1. The van der Waals surface area contributed by atoms with E-state index in [4.69, 9.17) is 17.3 Å². The highest BCUT2D eigenvalue weighted by Gasteiger charge is 2.39. The first-order valence-corrected chi connectivity index (χ1v) is 13.7. The maximum Gasteiger partial charge on any atom is 0.405 e. The lowest BCUT2D eigenvalue weighted by Crippen LogP contribution is -2.52. The molecule has 1 unspecified atom stereocenters. The standard InChI is InChI=1S/C24H35ClN2O2.C5H11NO2/c1-23(2)16-27(14-13-20(23)17-9-11-19(25)12-10-17)21(28)15-24(3,4)26-22(29)18-7-5-6-8-18;1-5(2,3)8-4(6)7/h9-12,18,20H,5-8,13-16H2,1-4H3,(H,26,29);1-3H3,(H2,6,7). The fourth-order valence-corrected chi connectivity index (χ4v) is 5.47. The Morgan fingerprint density at radius 2 is 1.62 bits per heavy atom. The van der Waals surface area contributed by atoms with Crippen molar-refractivity contribution in [2.24, 2.45) is 17.1 Å². The molecule has 3 rings (SSSR count). The first-order valence-electron chi connectivity index (χ1n) is 13.3. The molecule has 0 bridgehead atoms. The van der Waals surface area contributed by atoms with Crippen LogP contribution in [-0.4, -0.2) is 47.0 Å². The number of carbonyl (C=O) groups is 3. The molecule has 3 N–H and O–H groups in total. The van der Waals surface area contributed by atoms with E-state index in [1.807, 2.05) is 30.9 Å². The van der Waals surface area contributed by atoms with Gasteiger partial charge in [-0.2, -0.15) is 0 Å². The van der Waals surface area contributed by atoms with Crippen molar-refractivity contribution in [1.82, 2.24) is 10.2 Å². The van der Waals surface area contributed by atoms with Crippen LogP contribution in [-0.2, 0) is 14.3 Å². The normalized spacial score (nSPS) is 20.0. The number of nitrogens with two attached hydrogens (primary N) is 1. The molecule has 1 aliphatic carbocycles. The third kappa shape index (κ3) is 10.2. The van der Waals surface area contributed by atoms with Crippen LogP contribution >= 0.6 is 11.6 Å². The Morgan fingerprint density at radius 1 is 1.05 bits per heavy atom. The number of benzene rings is 1. The molecule has 7 nitrogen and oxygen atoms in total. The zero-order chi connectivity index (χ0) is 28.0. The van der Waals surface area contributed by atoms with E-state index in [0.29, 0.717) is 12.3 Å². The zero-order valence-electron chi connectivity index (χ0n) is 23.7. The lowest BCUT2D eigenvalue weighted by atomic mass is 9.70. The van der Waals surface area contributed by atoms with Crippen LogP contribution < -0.4 is 11.1 Å². The number of nitrogens with one attached hydrogen (secondary N) is 1. The largest absolute Gasteiger partial charge is 0.444 e. The molecule has 2 fully saturated rings. The third-order valence-electron chi connectivity index (χ3n) is 7.04. The molecular weight excluding hydrogens is 490 g/mol. The topological polar surface area (TPSA) is 102 Å². The number of hydrogen-bond acceptors (Lipinski definition) is 4. The number of primary amides is 1. The van der Waals surface area contributed by atoms with Gasteiger partial charge in [0.15, 0.2) is 0 Å². The van der Waals surface area contributed by atoms with Crippen LogP contribution in [0.2, 0.25) is 5.02 Å². The van der Waals surface area contributed by atoms with Crippen LogP contribution in [0.4, 0.5) is 4.79 Å². The Kier molecular flexibility index (Phi) is 10.5. The van der Waals surface area contributed by atoms with Crippen molar-refractivity contribution in [3.05, 3.63) is 34.9 Å². The van der Waals surface area contributed by atoms with E-state index < -0.39 is 17.2 Å². The van der Waals surface area contributed by atoms with Crippen LogP contribution in [0, 0.1) is 11.3 Å². The molecule has 1 saturated heterocycles. The van der Waals surface area contributed by atoms with E-state index in [2.05, 4.69) is 36.0 Å². The molecular formula is C29H46ClN3O4. The van der Waals surface area contributed by atoms with E-state index in [1.54, 1.807) is 20.8 Å². The minimum Gasteiger partial charge on any atom is -0.444 e. The molecule has 1 aromatic carbocycles. The second kappa shape index (κ2) is 12.5. The molecule has 1 aliphatic heterocycles. The van der Waals surface area contributed by atoms with Crippen molar-refractivity contribution < 1.29 is 19.1 Å². The minimum absolute atomic E-state index is 0.0149. The van der Waals surface area contributed by atoms with Gasteiger partial charge in [0, 0.05) is 36.0 Å². The molecule has 1 heterocycles. The van der Waals surface area contributed by atoms with Gasteiger partial charge >= 0.3 is 6.09 Å². The van der Waals surface area contributed by atoms with E-state index in [-0.39, 0.29) is 23.1 Å². The van der Waals surface area contributed by atoms with Crippen molar-refractivity contribution in [2.75, 3.05) is 13.1 Å². The van der Waals surface area contributed by atoms with Gasteiger partial charge in [-0.1, -0.05) is 50.4 Å². The van der Waals surface area contributed by atoms with Gasteiger partial charge in [0.05, 0.1) is 0 Å². The first kappa shape index (κ1) is 30.9. The highest BCUT2D eigenvalue weighted by molar-refractivity contribution is 6.30. The smallest absolute Gasteiger partial charge is 0.405 e. The van der Waals surface area contributed by atoms with Gasteiger partial charge in [-0.3, -0.25) is 9.59 Å². The van der Waals surface area contributed by atoms with E-state index in [0.717, 1.165) is 50.2 Å². The highest BCUT2D eigenvalue weighted by atomic mass is 35.5. The second-order valence-electron chi connectivity index (χ2n) is 12.8. The summed E-state index contributed by atoms with van der Waals surface area (Å²) >= 11 is 6.04. The molecule has 2 aliphatic rings. The number of carbonyl (C=O) groups excluding carboxylic acids is 3. The Hall–Kier alpha value is -2.28. The first-order chi connectivity index (χ1) is 17.0. The lowest BCUT2D eigenvalue weighted by Gasteiger charge is -2.45. The highest BCUT2D eigenvalue weighted by Crippen LogP contribution is 2.42. The predicted molar refractivity (Wildman–Crippen MR) is 148 cm³/mol. The van der Waals surface area contributed by atoms with E-state index >= 15 is 0 Å². The Balaban J connectivity index is 0.000000521. The molecule has 1 aromatic rings. The number of hydrogen-bond donors (Lipinski definition) is 2. The summed E-state index contributed by atoms with van der Waals surface area (Å²) in [6.07, 6.45) is 4.77. The van der Waals surface area contributed by atoms with E-state index in [9.17, 15) is 14.4 Å². The summed E-state index contributed by atoms with van der Waals surface area (Å²) in [5.74, 6) is 0.767. The monoisotopic (exact) mass is 535 g/mol. The van der Waals surface area contributed by atoms with Crippen LogP contribution in [0.3, 0.4) is 0 Å². The Bertz CT molecular complexity index is 931. The number of amides is 3. The fraction of sp³-hybridized carbons (Fsp3) is 0.690. The summed E-state index contributed by atoms with van der Waals surface area (Å²) in [5, 5.41) is 3.88. The van der Waals surface area contributed by atoms with Crippen molar-refractivity contribution in [3.8, 4) is 0 Å². The predicted octanol–water partition coefficient (Wildman–Crippen LogP) is 6.04.